The van der Waals surface area contributed by atoms with E-state index in [1.807, 2.05) is 0 Å². The van der Waals surface area contributed by atoms with Gasteiger partial charge in [-0.1, -0.05) is 0 Å². The van der Waals surface area contributed by atoms with Gasteiger partial charge in [-0.25, -0.2) is 4.42 Å². The van der Waals surface area contributed by atoms with E-state index >= 15 is 0 Å². The first-order chi connectivity index (χ1) is 19.1. The van der Waals surface area contributed by atoms with Crippen LogP contribution in [0.3, 0.4) is 0 Å². The highest BCUT2D eigenvalue weighted by molar-refractivity contribution is 5.88. The van der Waals surface area contributed by atoms with Crippen LogP contribution in [0.1, 0.15) is 0 Å². The van der Waals surface area contributed by atoms with Crippen molar-refractivity contribution in [1.82, 2.24) is 0 Å². The first-order valence-electron chi connectivity index (χ1n) is 12.3. The van der Waals surface area contributed by atoms with Crippen molar-refractivity contribution in [3.8, 4) is 34.3 Å². The van der Waals surface area contributed by atoms with Crippen molar-refractivity contribution in [2.45, 2.75) is 55.3 Å². The van der Waals surface area contributed by atoms with Crippen molar-refractivity contribution in [3.05, 3.63) is 42.5 Å². The Bertz CT molecular complexity index is 1330. The van der Waals surface area contributed by atoms with Crippen molar-refractivity contribution < 1.29 is 69.3 Å². The molecule has 2 aromatic carbocycles. The van der Waals surface area contributed by atoms with Gasteiger partial charge in [0, 0.05) is 12.1 Å². The van der Waals surface area contributed by atoms with E-state index < -0.39 is 68.5 Å². The van der Waals surface area contributed by atoms with Gasteiger partial charge in [0.25, 0.3) is 0 Å². The molecular weight excluding hydrogens is 536 g/mol. The molecule has 5 rings (SSSR count). The first-order valence-corrected chi connectivity index (χ1v) is 12.3. The van der Waals surface area contributed by atoms with Crippen LogP contribution in [0.2, 0.25) is 0 Å². The van der Waals surface area contributed by atoms with Gasteiger partial charge in [0.15, 0.2) is 12.4 Å². The molecule has 2 aliphatic rings. The lowest BCUT2D eigenvalue weighted by atomic mass is 9.98. The average molecular weight is 566 g/mol. The Hall–Kier alpha value is -3.31. The molecule has 9 atom stereocenters. The summed E-state index contributed by atoms with van der Waals surface area (Å²) < 4.78 is 28.6. The molecule has 2 fully saturated rings. The second-order valence-electron chi connectivity index (χ2n) is 9.54. The summed E-state index contributed by atoms with van der Waals surface area (Å²) in [7, 11) is 0. The van der Waals surface area contributed by atoms with Gasteiger partial charge in [0.1, 0.15) is 59.3 Å². The molecule has 14 heteroatoms. The van der Waals surface area contributed by atoms with Gasteiger partial charge in [0.2, 0.25) is 12.0 Å². The number of aliphatic hydroxyl groups excluding tert-OH is 6. The fourth-order valence-electron chi connectivity index (χ4n) is 4.56. The highest BCUT2D eigenvalue weighted by atomic mass is 16.8. The lowest BCUT2D eigenvalue weighted by molar-refractivity contribution is -0.344. The Morgan fingerprint density at radius 3 is 2.25 bits per heavy atom. The summed E-state index contributed by atoms with van der Waals surface area (Å²) in [6, 6.07) is 9.45. The van der Waals surface area contributed by atoms with Crippen LogP contribution >= 0.6 is 0 Å². The van der Waals surface area contributed by atoms with E-state index in [0.717, 1.165) is 6.07 Å². The molecular formula is C26H29O14+. The molecule has 216 valence electrons. The van der Waals surface area contributed by atoms with Crippen LogP contribution in [-0.2, 0) is 14.2 Å². The molecule has 40 heavy (non-hydrogen) atoms. The molecule has 0 bridgehead atoms. The van der Waals surface area contributed by atoms with Gasteiger partial charge in [-0.2, -0.15) is 0 Å². The smallest absolute Gasteiger partial charge is 0.402 e. The topological polar surface area (TPSA) is 230 Å². The average Bonchev–Trinajstić information content (AvgIpc) is 2.93. The largest absolute Gasteiger partial charge is 0.508 e. The molecule has 3 heterocycles. The monoisotopic (exact) mass is 565 g/mol. The van der Waals surface area contributed by atoms with E-state index in [4.69, 9.17) is 23.4 Å². The summed E-state index contributed by atoms with van der Waals surface area (Å²) in [5.41, 5.74) is 0.452. The highest BCUT2D eigenvalue weighted by Gasteiger charge is 2.50. The molecule has 0 amide bonds. The maximum atomic E-state index is 10.9. The third-order valence-corrected chi connectivity index (χ3v) is 6.76. The minimum atomic E-state index is -1.75. The molecule has 0 aliphatic carbocycles. The number of aliphatic hydroxyl groups is 6. The van der Waals surface area contributed by atoms with Crippen LogP contribution in [0, 0.1) is 0 Å². The molecule has 14 nitrogen and oxygen atoms in total. The Morgan fingerprint density at radius 2 is 1.55 bits per heavy atom. The molecule has 9 N–H and O–H groups in total. The predicted octanol–water partition coefficient (Wildman–Crippen LogP) is -0.860. The maximum absolute atomic E-state index is 10.9. The zero-order valence-corrected chi connectivity index (χ0v) is 20.7. The minimum Gasteiger partial charge on any atom is -0.508 e. The Kier molecular flexibility index (Phi) is 7.96. The summed E-state index contributed by atoms with van der Waals surface area (Å²) in [4.78, 5) is 0. The van der Waals surface area contributed by atoms with Crippen LogP contribution < -0.4 is 4.74 Å². The molecule has 1 aromatic heterocycles. The Balaban J connectivity index is 1.55. The van der Waals surface area contributed by atoms with Crippen LogP contribution in [0.15, 0.2) is 46.9 Å². The minimum absolute atomic E-state index is 0.0346. The van der Waals surface area contributed by atoms with Gasteiger partial charge in [-0.05, 0) is 24.3 Å². The summed E-state index contributed by atoms with van der Waals surface area (Å²) in [6.07, 6.45) is -14.3. The molecule has 0 spiro atoms. The zero-order chi connectivity index (χ0) is 28.7. The van der Waals surface area contributed by atoms with Crippen molar-refractivity contribution in [3.63, 3.8) is 0 Å². The van der Waals surface area contributed by atoms with E-state index in [1.165, 1.54) is 36.4 Å². The number of hydrogen-bond donors (Lipinski definition) is 9. The third-order valence-electron chi connectivity index (χ3n) is 6.76. The summed E-state index contributed by atoms with van der Waals surface area (Å²) in [5, 5.41) is 91.4. The Morgan fingerprint density at radius 1 is 0.825 bits per heavy atom. The number of fused-ring (bicyclic) bond motifs is 1. The van der Waals surface area contributed by atoms with Gasteiger partial charge in [-0.15, -0.1) is 0 Å². The van der Waals surface area contributed by atoms with Crippen LogP contribution in [0.4, 0.5) is 0 Å². The third kappa shape index (κ3) is 5.36. The zero-order valence-electron chi connectivity index (χ0n) is 20.7. The van der Waals surface area contributed by atoms with Crippen LogP contribution in [-0.4, -0.2) is 114 Å². The molecule has 0 saturated carbocycles. The molecule has 0 radical (unpaired) electrons. The van der Waals surface area contributed by atoms with Crippen LogP contribution in [0.5, 0.6) is 23.0 Å². The summed E-state index contributed by atoms with van der Waals surface area (Å²) >= 11 is 0. The van der Waals surface area contributed by atoms with Gasteiger partial charge in [0.05, 0.1) is 24.8 Å². The van der Waals surface area contributed by atoms with Crippen molar-refractivity contribution in [2.75, 3.05) is 13.2 Å². The maximum Gasteiger partial charge on any atom is 0.402 e. The fourth-order valence-corrected chi connectivity index (χ4v) is 4.56. The highest BCUT2D eigenvalue weighted by Crippen LogP contribution is 2.41. The molecule has 2 saturated heterocycles. The normalized spacial score (nSPS) is 32.7. The number of benzene rings is 2. The number of ether oxygens (including phenoxy) is 4. The lowest BCUT2D eigenvalue weighted by Crippen LogP contribution is -2.63. The van der Waals surface area contributed by atoms with Gasteiger partial charge in [-0.3, -0.25) is 0 Å². The van der Waals surface area contributed by atoms with E-state index in [2.05, 4.69) is 0 Å². The molecule has 3 aromatic rings. The van der Waals surface area contributed by atoms with Crippen LogP contribution in [0.25, 0.3) is 22.3 Å². The quantitative estimate of drug-likeness (QED) is 0.166. The molecule has 2 aliphatic heterocycles. The lowest BCUT2D eigenvalue weighted by Gasteiger charge is -2.44. The number of aromatic hydroxyl groups is 3. The SMILES string of the molecule is OCC1O[C@@H](Oc2cc3c(O)cc(O)cc3[o+]c2-c2ccc(O)cc2)C(O[C@@H]2OC[C@@H](O)C(O)[C@H]2O)C(O)[C@H]1O. The first kappa shape index (κ1) is 28.2. The van der Waals surface area contributed by atoms with Gasteiger partial charge >= 0.3 is 11.3 Å². The van der Waals surface area contributed by atoms with E-state index in [9.17, 15) is 46.0 Å². The second-order valence-corrected chi connectivity index (χ2v) is 9.54. The predicted molar refractivity (Wildman–Crippen MR) is 132 cm³/mol. The van der Waals surface area contributed by atoms with E-state index in [-0.39, 0.29) is 39.7 Å². The van der Waals surface area contributed by atoms with Gasteiger partial charge < -0.3 is 64.9 Å². The van der Waals surface area contributed by atoms with E-state index in [0.29, 0.717) is 5.56 Å². The summed E-state index contributed by atoms with van der Waals surface area (Å²) in [5.74, 6) is -0.711. The summed E-state index contributed by atoms with van der Waals surface area (Å²) in [6.45, 7) is -1.12. The van der Waals surface area contributed by atoms with Crippen molar-refractivity contribution in [2.24, 2.45) is 0 Å². The second kappa shape index (κ2) is 11.3. The Labute approximate surface area is 226 Å². The van der Waals surface area contributed by atoms with Crippen molar-refractivity contribution in [1.29, 1.82) is 0 Å². The standard InChI is InChI=1S/C26H28O14/c27-8-18-20(33)21(34)24(40-25-22(35)19(32)15(31)9-36-25)26(39-18)38-17-7-13-14(30)5-12(29)6-16(13)37-23(17)10-1-3-11(28)4-2-10/h1-7,15,18-22,24-27,31-35H,8-9H2,(H2-,28,29,30)/p+1/t15-,18?,19?,20+,21?,22-,24?,25+,26-/m1/s1. The number of phenolic OH excluding ortho intramolecular Hbond substituents is 3. The molecule has 4 unspecified atom stereocenters. The van der Waals surface area contributed by atoms with Crippen molar-refractivity contribution >= 4 is 11.0 Å². The number of hydrogen-bond acceptors (Lipinski definition) is 13. The van der Waals surface area contributed by atoms with E-state index in [1.54, 1.807) is 0 Å². The fraction of sp³-hybridized carbons (Fsp3) is 0.423. The number of rotatable bonds is 6. The number of phenols is 3.